The fraction of sp³-hybridized carbons (Fsp3) is 0.304. The summed E-state index contributed by atoms with van der Waals surface area (Å²) < 4.78 is 0. The van der Waals surface area contributed by atoms with Crippen LogP contribution in [0.5, 0.6) is 0 Å². The molecule has 158 valence electrons. The Morgan fingerprint density at radius 3 is 2.20 bits per heavy atom. The van der Waals surface area contributed by atoms with Gasteiger partial charge in [-0.05, 0) is 24.0 Å². The summed E-state index contributed by atoms with van der Waals surface area (Å²) in [6.45, 7) is 1.88. The lowest BCUT2D eigenvalue weighted by atomic mass is 9.97. The summed E-state index contributed by atoms with van der Waals surface area (Å²) in [4.78, 5) is 44.9. The molecule has 3 rings (SSSR count). The Bertz CT molecular complexity index is 868. The third-order valence-electron chi connectivity index (χ3n) is 4.69. The number of hydrogen-bond donors (Lipinski definition) is 3. The number of piperidine rings is 1. The number of carboxylic acid groups (broad SMARTS) is 1. The normalized spacial score (nSPS) is 16.5. The molecular formula is C23H26N2O5. The predicted molar refractivity (Wildman–Crippen MR) is 112 cm³/mol. The first-order valence-corrected chi connectivity index (χ1v) is 9.85. The molecule has 0 aromatic heterocycles. The molecule has 0 saturated carbocycles. The van der Waals surface area contributed by atoms with Crippen molar-refractivity contribution in [3.63, 3.8) is 0 Å². The molecule has 0 spiro atoms. The summed E-state index contributed by atoms with van der Waals surface area (Å²) in [6.07, 6.45) is 1.51. The van der Waals surface area contributed by atoms with Gasteiger partial charge in [-0.1, -0.05) is 67.6 Å². The Balaban J connectivity index is 0.000000232. The van der Waals surface area contributed by atoms with E-state index in [1.54, 1.807) is 0 Å². The lowest BCUT2D eigenvalue weighted by Gasteiger charge is -2.21. The number of nitrogens with one attached hydrogen (secondary N) is 2. The molecule has 1 fully saturated rings. The Kier molecular flexibility index (Phi) is 8.75. The van der Waals surface area contributed by atoms with Crippen molar-refractivity contribution in [2.75, 3.05) is 0 Å². The molecular weight excluding hydrogens is 384 g/mol. The van der Waals surface area contributed by atoms with Crippen molar-refractivity contribution in [2.45, 2.75) is 44.6 Å². The second-order valence-corrected chi connectivity index (χ2v) is 6.94. The van der Waals surface area contributed by atoms with Crippen LogP contribution in [0.25, 0.3) is 0 Å². The van der Waals surface area contributed by atoms with Gasteiger partial charge >= 0.3 is 5.97 Å². The molecule has 0 radical (unpaired) electrons. The fourth-order valence-corrected chi connectivity index (χ4v) is 3.10. The SMILES string of the molecule is CCC(C(=O)O)c1ccccc1.O=C1CCC(NC(=O)Cc2ccccc2)C(=O)N1. The van der Waals surface area contributed by atoms with Gasteiger partial charge in [0.05, 0.1) is 12.3 Å². The van der Waals surface area contributed by atoms with Crippen molar-refractivity contribution in [3.05, 3.63) is 71.8 Å². The number of aliphatic carboxylic acids is 1. The molecule has 1 heterocycles. The van der Waals surface area contributed by atoms with Crippen LogP contribution in [0.2, 0.25) is 0 Å². The summed E-state index contributed by atoms with van der Waals surface area (Å²) in [6, 6.07) is 18.0. The highest BCUT2D eigenvalue weighted by Gasteiger charge is 2.27. The first-order chi connectivity index (χ1) is 14.4. The molecule has 2 aromatic carbocycles. The standard InChI is InChI=1S/C13H14N2O3.C10H12O2/c16-11-7-6-10(13(18)15-11)14-12(17)8-9-4-2-1-3-5-9;1-2-9(10(11)12)8-6-4-3-5-7-8/h1-5,10H,6-8H2,(H,14,17)(H,15,16,18);3-7,9H,2H2,1H3,(H,11,12). The van der Waals surface area contributed by atoms with E-state index >= 15 is 0 Å². The lowest BCUT2D eigenvalue weighted by molar-refractivity contribution is -0.139. The van der Waals surface area contributed by atoms with Crippen molar-refractivity contribution in [2.24, 2.45) is 0 Å². The minimum atomic E-state index is -0.747. The zero-order valence-corrected chi connectivity index (χ0v) is 16.8. The van der Waals surface area contributed by atoms with E-state index < -0.39 is 17.9 Å². The molecule has 0 aliphatic carbocycles. The molecule has 1 aliphatic heterocycles. The number of hydrogen-bond acceptors (Lipinski definition) is 4. The molecule has 7 nitrogen and oxygen atoms in total. The summed E-state index contributed by atoms with van der Waals surface area (Å²) in [7, 11) is 0. The van der Waals surface area contributed by atoms with Gasteiger partial charge in [0.25, 0.3) is 0 Å². The van der Waals surface area contributed by atoms with E-state index in [9.17, 15) is 19.2 Å². The van der Waals surface area contributed by atoms with Gasteiger partial charge in [0.15, 0.2) is 0 Å². The third kappa shape index (κ3) is 7.16. The van der Waals surface area contributed by atoms with Crippen LogP contribution in [0.3, 0.4) is 0 Å². The number of benzene rings is 2. The summed E-state index contributed by atoms with van der Waals surface area (Å²) in [5.74, 6) is -2.02. The molecule has 0 bridgehead atoms. The minimum absolute atomic E-state index is 0.212. The van der Waals surface area contributed by atoms with E-state index in [0.717, 1.165) is 11.1 Å². The molecule has 2 unspecified atom stereocenters. The van der Waals surface area contributed by atoms with Crippen LogP contribution in [-0.2, 0) is 25.6 Å². The zero-order chi connectivity index (χ0) is 21.9. The zero-order valence-electron chi connectivity index (χ0n) is 16.8. The number of carbonyl (C=O) groups is 4. The Hall–Kier alpha value is -3.48. The minimum Gasteiger partial charge on any atom is -0.481 e. The largest absolute Gasteiger partial charge is 0.481 e. The summed E-state index contributed by atoms with van der Waals surface area (Å²) in [5.41, 5.74) is 1.77. The average molecular weight is 410 g/mol. The van der Waals surface area contributed by atoms with Gasteiger partial charge in [-0.2, -0.15) is 0 Å². The highest BCUT2D eigenvalue weighted by Crippen LogP contribution is 2.18. The van der Waals surface area contributed by atoms with Gasteiger partial charge in [0.1, 0.15) is 6.04 Å². The second kappa shape index (κ2) is 11.5. The van der Waals surface area contributed by atoms with Gasteiger partial charge in [-0.25, -0.2) is 0 Å². The Morgan fingerprint density at radius 1 is 1.07 bits per heavy atom. The van der Waals surface area contributed by atoms with Crippen LogP contribution in [-0.4, -0.2) is 34.8 Å². The molecule has 2 aromatic rings. The number of imide groups is 1. The predicted octanol–water partition coefficient (Wildman–Crippen LogP) is 2.42. The third-order valence-corrected chi connectivity index (χ3v) is 4.69. The van der Waals surface area contributed by atoms with Gasteiger partial charge in [-0.15, -0.1) is 0 Å². The van der Waals surface area contributed by atoms with Crippen LogP contribution in [0.4, 0.5) is 0 Å². The van der Waals surface area contributed by atoms with E-state index in [2.05, 4.69) is 10.6 Å². The Morgan fingerprint density at radius 2 is 1.67 bits per heavy atom. The molecule has 30 heavy (non-hydrogen) atoms. The number of carbonyl (C=O) groups excluding carboxylic acids is 3. The highest BCUT2D eigenvalue weighted by molar-refractivity contribution is 6.01. The number of rotatable bonds is 6. The van der Waals surface area contributed by atoms with Crippen molar-refractivity contribution < 1.29 is 24.3 Å². The molecule has 7 heteroatoms. The van der Waals surface area contributed by atoms with E-state index in [0.29, 0.717) is 12.8 Å². The van der Waals surface area contributed by atoms with E-state index in [1.807, 2.05) is 67.6 Å². The summed E-state index contributed by atoms with van der Waals surface area (Å²) >= 11 is 0. The molecule has 1 saturated heterocycles. The van der Waals surface area contributed by atoms with Crippen LogP contribution in [0, 0.1) is 0 Å². The quantitative estimate of drug-likeness (QED) is 0.633. The molecule has 1 aliphatic rings. The van der Waals surface area contributed by atoms with Gasteiger partial charge in [0.2, 0.25) is 17.7 Å². The molecule has 2 atom stereocenters. The second-order valence-electron chi connectivity index (χ2n) is 6.94. The first kappa shape index (κ1) is 22.8. The Labute approximate surface area is 175 Å². The van der Waals surface area contributed by atoms with Crippen molar-refractivity contribution in [3.8, 4) is 0 Å². The summed E-state index contributed by atoms with van der Waals surface area (Å²) in [5, 5.41) is 13.7. The van der Waals surface area contributed by atoms with E-state index in [-0.39, 0.29) is 30.6 Å². The van der Waals surface area contributed by atoms with Crippen LogP contribution >= 0.6 is 0 Å². The van der Waals surface area contributed by atoms with Crippen molar-refractivity contribution in [1.82, 2.24) is 10.6 Å². The first-order valence-electron chi connectivity index (χ1n) is 9.85. The maximum absolute atomic E-state index is 11.7. The average Bonchev–Trinajstić information content (AvgIpc) is 2.72. The van der Waals surface area contributed by atoms with E-state index in [4.69, 9.17) is 5.11 Å². The van der Waals surface area contributed by atoms with Gasteiger partial charge in [0, 0.05) is 6.42 Å². The maximum Gasteiger partial charge on any atom is 0.310 e. The number of amides is 3. The smallest absolute Gasteiger partial charge is 0.310 e. The van der Waals surface area contributed by atoms with Crippen LogP contribution in [0.15, 0.2) is 60.7 Å². The molecule has 3 amide bonds. The van der Waals surface area contributed by atoms with Crippen molar-refractivity contribution in [1.29, 1.82) is 0 Å². The number of carboxylic acids is 1. The fourth-order valence-electron chi connectivity index (χ4n) is 3.10. The topological polar surface area (TPSA) is 113 Å². The lowest BCUT2D eigenvalue weighted by Crippen LogP contribution is -2.52. The van der Waals surface area contributed by atoms with Crippen LogP contribution < -0.4 is 10.6 Å². The monoisotopic (exact) mass is 410 g/mol. The molecule has 3 N–H and O–H groups in total. The highest BCUT2D eigenvalue weighted by atomic mass is 16.4. The van der Waals surface area contributed by atoms with Gasteiger partial charge < -0.3 is 10.4 Å². The maximum atomic E-state index is 11.7. The van der Waals surface area contributed by atoms with Crippen LogP contribution in [0.1, 0.15) is 43.2 Å². The van der Waals surface area contributed by atoms with E-state index in [1.165, 1.54) is 0 Å². The van der Waals surface area contributed by atoms with Crippen molar-refractivity contribution >= 4 is 23.7 Å². The van der Waals surface area contributed by atoms with Gasteiger partial charge in [-0.3, -0.25) is 24.5 Å².